The predicted octanol–water partition coefficient (Wildman–Crippen LogP) is 0.460. The highest BCUT2D eigenvalue weighted by molar-refractivity contribution is 7.89. The summed E-state index contributed by atoms with van der Waals surface area (Å²) in [7, 11) is -1.17. The van der Waals surface area contributed by atoms with Gasteiger partial charge in [-0.05, 0) is 18.2 Å². The van der Waals surface area contributed by atoms with Crippen molar-refractivity contribution in [3.8, 4) is 0 Å². The molecular formula is C7H6N2OS. The van der Waals surface area contributed by atoms with Gasteiger partial charge in [-0.2, -0.15) is 0 Å². The van der Waals surface area contributed by atoms with Crippen molar-refractivity contribution in [2.45, 2.75) is 4.90 Å². The second kappa shape index (κ2) is 2.17. The Bertz CT molecular complexity index is 359. The largest absolute Gasteiger partial charge is 0.391 e. The molecule has 2 heterocycles. The van der Waals surface area contributed by atoms with Crippen LogP contribution in [0.25, 0.3) is 6.08 Å². The first-order valence-electron chi connectivity index (χ1n) is 3.13. The van der Waals surface area contributed by atoms with E-state index in [4.69, 9.17) is 5.73 Å². The molecule has 0 aromatic carbocycles. The summed E-state index contributed by atoms with van der Waals surface area (Å²) < 4.78 is 11.3. The van der Waals surface area contributed by atoms with Gasteiger partial charge in [0.2, 0.25) is 0 Å². The lowest BCUT2D eigenvalue weighted by atomic mass is 10.3. The Kier molecular flexibility index (Phi) is 1.29. The van der Waals surface area contributed by atoms with Crippen molar-refractivity contribution >= 4 is 16.9 Å². The highest BCUT2D eigenvalue weighted by Crippen LogP contribution is 2.23. The monoisotopic (exact) mass is 166 g/mol. The van der Waals surface area contributed by atoms with Gasteiger partial charge in [-0.25, -0.2) is 4.21 Å². The third-order valence-corrected chi connectivity index (χ3v) is 2.78. The van der Waals surface area contributed by atoms with E-state index in [1.807, 2.05) is 0 Å². The molecule has 1 aromatic rings. The Morgan fingerprint density at radius 2 is 2.36 bits per heavy atom. The normalized spacial score (nSPS) is 21.1. The van der Waals surface area contributed by atoms with Gasteiger partial charge in [0.1, 0.15) is 15.8 Å². The molecule has 0 bridgehead atoms. The van der Waals surface area contributed by atoms with Crippen molar-refractivity contribution in [3.05, 3.63) is 29.1 Å². The Hall–Kier alpha value is -1.16. The molecule has 2 N–H and O–H groups in total. The molecule has 56 valence electrons. The minimum Gasteiger partial charge on any atom is -0.391 e. The zero-order valence-electron chi connectivity index (χ0n) is 5.65. The first-order valence-corrected chi connectivity index (χ1v) is 4.28. The van der Waals surface area contributed by atoms with Crippen molar-refractivity contribution in [2.24, 2.45) is 5.73 Å². The maximum atomic E-state index is 11.3. The molecule has 1 aliphatic rings. The molecule has 0 aliphatic carbocycles. The average molecular weight is 166 g/mol. The van der Waals surface area contributed by atoms with E-state index in [1.165, 1.54) is 0 Å². The number of hydrogen-bond acceptors (Lipinski definition) is 3. The van der Waals surface area contributed by atoms with Crippen LogP contribution in [-0.2, 0) is 10.8 Å². The van der Waals surface area contributed by atoms with Crippen LogP contribution in [-0.4, -0.2) is 9.19 Å². The standard InChI is InChI=1S/C7H6N2OS/c8-7-4-5-6(11(7)10)2-1-3-9-5/h1-4H,8H2. The van der Waals surface area contributed by atoms with Gasteiger partial charge in [0.15, 0.2) is 0 Å². The highest BCUT2D eigenvalue weighted by atomic mass is 32.2. The van der Waals surface area contributed by atoms with E-state index in [-0.39, 0.29) is 0 Å². The number of nitrogens with zero attached hydrogens (tertiary/aromatic N) is 1. The van der Waals surface area contributed by atoms with Gasteiger partial charge >= 0.3 is 0 Å². The second-order valence-electron chi connectivity index (χ2n) is 2.20. The molecule has 4 heteroatoms. The topological polar surface area (TPSA) is 56.0 Å². The van der Waals surface area contributed by atoms with E-state index < -0.39 is 10.8 Å². The number of pyridine rings is 1. The van der Waals surface area contributed by atoms with Gasteiger partial charge < -0.3 is 5.73 Å². The number of fused-ring (bicyclic) bond motifs is 1. The first kappa shape index (κ1) is 6.54. The predicted molar refractivity (Wildman–Crippen MR) is 42.8 cm³/mol. The number of hydrogen-bond donors (Lipinski definition) is 1. The summed E-state index contributed by atoms with van der Waals surface area (Å²) in [4.78, 5) is 4.72. The van der Waals surface area contributed by atoms with Crippen LogP contribution in [0, 0.1) is 0 Å². The van der Waals surface area contributed by atoms with Crippen LogP contribution in [0.4, 0.5) is 0 Å². The zero-order valence-corrected chi connectivity index (χ0v) is 6.47. The summed E-state index contributed by atoms with van der Waals surface area (Å²) in [5, 5.41) is 0.388. The Labute approximate surface area is 66.4 Å². The summed E-state index contributed by atoms with van der Waals surface area (Å²) in [6.45, 7) is 0. The van der Waals surface area contributed by atoms with E-state index in [1.54, 1.807) is 24.4 Å². The molecule has 0 saturated heterocycles. The van der Waals surface area contributed by atoms with Crippen molar-refractivity contribution in [1.29, 1.82) is 0 Å². The zero-order chi connectivity index (χ0) is 7.84. The molecule has 1 unspecified atom stereocenters. The fourth-order valence-corrected chi connectivity index (χ4v) is 1.96. The lowest BCUT2D eigenvalue weighted by Crippen LogP contribution is -1.99. The van der Waals surface area contributed by atoms with Gasteiger partial charge in [-0.1, -0.05) is 0 Å². The van der Waals surface area contributed by atoms with E-state index in [0.29, 0.717) is 9.92 Å². The average Bonchev–Trinajstić information content (AvgIpc) is 2.30. The highest BCUT2D eigenvalue weighted by Gasteiger charge is 2.18. The van der Waals surface area contributed by atoms with Gasteiger partial charge in [0, 0.05) is 6.20 Å². The van der Waals surface area contributed by atoms with Crippen LogP contribution in [0.15, 0.2) is 28.3 Å². The maximum absolute atomic E-state index is 11.3. The van der Waals surface area contributed by atoms with E-state index in [9.17, 15) is 4.21 Å². The van der Waals surface area contributed by atoms with Crippen molar-refractivity contribution in [3.63, 3.8) is 0 Å². The van der Waals surface area contributed by atoms with Crippen LogP contribution < -0.4 is 5.73 Å². The van der Waals surface area contributed by atoms with Crippen LogP contribution >= 0.6 is 0 Å². The lowest BCUT2D eigenvalue weighted by molar-refractivity contribution is 0.687. The smallest absolute Gasteiger partial charge is 0.104 e. The van der Waals surface area contributed by atoms with Crippen molar-refractivity contribution in [1.82, 2.24) is 4.98 Å². The summed E-state index contributed by atoms with van der Waals surface area (Å²) in [6, 6.07) is 3.53. The quantitative estimate of drug-likeness (QED) is 0.609. The summed E-state index contributed by atoms with van der Waals surface area (Å²) in [6.07, 6.45) is 3.30. The van der Waals surface area contributed by atoms with Gasteiger partial charge in [0.25, 0.3) is 0 Å². The van der Waals surface area contributed by atoms with E-state index in [2.05, 4.69) is 4.98 Å². The molecule has 1 aliphatic heterocycles. The molecule has 3 nitrogen and oxygen atoms in total. The molecular weight excluding hydrogens is 160 g/mol. The van der Waals surface area contributed by atoms with Crippen LogP contribution in [0.3, 0.4) is 0 Å². The van der Waals surface area contributed by atoms with Crippen LogP contribution in [0.2, 0.25) is 0 Å². The molecule has 11 heavy (non-hydrogen) atoms. The van der Waals surface area contributed by atoms with Gasteiger partial charge in [0.05, 0.1) is 10.6 Å². The van der Waals surface area contributed by atoms with Crippen LogP contribution in [0.5, 0.6) is 0 Å². The first-order chi connectivity index (χ1) is 5.29. The van der Waals surface area contributed by atoms with Gasteiger partial charge in [-0.3, -0.25) is 4.98 Å². The number of aromatic nitrogens is 1. The molecule has 1 atom stereocenters. The maximum Gasteiger partial charge on any atom is 0.104 e. The Morgan fingerprint density at radius 3 is 3.09 bits per heavy atom. The molecule has 1 aromatic heterocycles. The SMILES string of the molecule is NC1=Cc2ncccc2S1=O. The van der Waals surface area contributed by atoms with E-state index in [0.717, 1.165) is 5.69 Å². The molecule has 2 rings (SSSR count). The Balaban J connectivity index is 2.67. The number of nitrogens with two attached hydrogens (primary N) is 1. The molecule has 0 amide bonds. The second-order valence-corrected chi connectivity index (χ2v) is 3.65. The molecule has 0 fully saturated rings. The third-order valence-electron chi connectivity index (χ3n) is 1.49. The lowest BCUT2D eigenvalue weighted by Gasteiger charge is -1.93. The fraction of sp³-hybridized carbons (Fsp3) is 0. The summed E-state index contributed by atoms with van der Waals surface area (Å²) >= 11 is 0. The van der Waals surface area contributed by atoms with Crippen LogP contribution in [0.1, 0.15) is 5.69 Å². The number of rotatable bonds is 0. The van der Waals surface area contributed by atoms with Crippen molar-refractivity contribution in [2.75, 3.05) is 0 Å². The minimum atomic E-state index is -1.17. The minimum absolute atomic E-state index is 0.388. The van der Waals surface area contributed by atoms with E-state index >= 15 is 0 Å². The summed E-state index contributed by atoms with van der Waals surface area (Å²) in [5.41, 5.74) is 6.17. The molecule has 0 spiro atoms. The van der Waals surface area contributed by atoms with Crippen molar-refractivity contribution < 1.29 is 4.21 Å². The molecule has 0 saturated carbocycles. The third kappa shape index (κ3) is 0.867. The molecule has 0 radical (unpaired) electrons. The fourth-order valence-electron chi connectivity index (χ4n) is 0.983. The Morgan fingerprint density at radius 1 is 1.55 bits per heavy atom. The summed E-state index contributed by atoms with van der Waals surface area (Å²) in [5.74, 6) is 0. The van der Waals surface area contributed by atoms with Gasteiger partial charge in [-0.15, -0.1) is 0 Å².